The monoisotopic (exact) mass is 328 g/mol. The molecule has 0 spiro atoms. The highest BCUT2D eigenvalue weighted by Gasteiger charge is 2.23. The highest BCUT2D eigenvalue weighted by molar-refractivity contribution is 7.89. The van der Waals surface area contributed by atoms with Crippen molar-refractivity contribution < 1.29 is 17.9 Å². The van der Waals surface area contributed by atoms with Crippen molar-refractivity contribution in [2.24, 2.45) is 0 Å². The van der Waals surface area contributed by atoms with Gasteiger partial charge in [0.1, 0.15) is 10.6 Å². The molecule has 0 aromatic heterocycles. The number of carbonyl (C=O) groups excluding carboxylic acids is 1. The van der Waals surface area contributed by atoms with E-state index in [4.69, 9.17) is 4.74 Å². The summed E-state index contributed by atoms with van der Waals surface area (Å²) in [6, 6.07) is 5.14. The first kappa shape index (κ1) is 18.4. The van der Waals surface area contributed by atoms with Crippen LogP contribution in [0.1, 0.15) is 33.3 Å². The Balaban J connectivity index is 3.03. The maximum Gasteiger partial charge on any atom is 0.244 e. The van der Waals surface area contributed by atoms with Crippen LogP contribution < -0.4 is 14.8 Å². The lowest BCUT2D eigenvalue weighted by Crippen LogP contribution is -2.34. The molecule has 0 fully saturated rings. The van der Waals surface area contributed by atoms with Crippen LogP contribution in [-0.2, 0) is 20.2 Å². The predicted octanol–water partition coefficient (Wildman–Crippen LogP) is 1.41. The Morgan fingerprint density at radius 3 is 2.36 bits per heavy atom. The van der Waals surface area contributed by atoms with E-state index >= 15 is 0 Å². The minimum Gasteiger partial charge on any atom is -0.495 e. The molecular weight excluding hydrogens is 304 g/mol. The first-order valence-electron chi connectivity index (χ1n) is 7.00. The Labute approximate surface area is 132 Å². The molecule has 0 radical (unpaired) electrons. The summed E-state index contributed by atoms with van der Waals surface area (Å²) < 4.78 is 32.5. The van der Waals surface area contributed by atoms with Crippen LogP contribution in [0.5, 0.6) is 5.75 Å². The van der Waals surface area contributed by atoms with Crippen molar-refractivity contribution in [3.63, 3.8) is 0 Å². The summed E-state index contributed by atoms with van der Waals surface area (Å²) in [6.07, 6.45) is 0. The Morgan fingerprint density at radius 1 is 1.23 bits per heavy atom. The molecule has 0 unspecified atom stereocenters. The fraction of sp³-hybridized carbons (Fsp3) is 0.533. The van der Waals surface area contributed by atoms with E-state index in [1.807, 2.05) is 26.8 Å². The van der Waals surface area contributed by atoms with Gasteiger partial charge in [-0.2, -0.15) is 0 Å². The lowest BCUT2D eigenvalue weighted by Gasteiger charge is -2.21. The third-order valence-electron chi connectivity index (χ3n) is 3.11. The van der Waals surface area contributed by atoms with E-state index in [2.05, 4.69) is 10.0 Å². The van der Waals surface area contributed by atoms with Crippen molar-refractivity contribution in [1.82, 2.24) is 10.0 Å². The number of amides is 1. The van der Waals surface area contributed by atoms with Crippen molar-refractivity contribution in [3.05, 3.63) is 23.8 Å². The number of nitrogens with one attached hydrogen (secondary N) is 2. The van der Waals surface area contributed by atoms with Gasteiger partial charge < -0.3 is 10.1 Å². The molecule has 0 aliphatic heterocycles. The molecule has 22 heavy (non-hydrogen) atoms. The van der Waals surface area contributed by atoms with Crippen LogP contribution in [0, 0.1) is 0 Å². The second-order valence-electron chi connectivity index (χ2n) is 6.00. The summed E-state index contributed by atoms with van der Waals surface area (Å²) in [7, 11) is -2.28. The first-order valence-corrected chi connectivity index (χ1v) is 8.49. The van der Waals surface area contributed by atoms with Crippen LogP contribution in [0.25, 0.3) is 0 Å². The first-order chi connectivity index (χ1) is 10.1. The van der Waals surface area contributed by atoms with Crippen LogP contribution in [0.4, 0.5) is 0 Å². The van der Waals surface area contributed by atoms with E-state index in [1.165, 1.54) is 14.0 Å². The fourth-order valence-corrected chi connectivity index (χ4v) is 3.08. The molecule has 0 saturated heterocycles. The topological polar surface area (TPSA) is 84.5 Å². The maximum absolute atomic E-state index is 12.4. The van der Waals surface area contributed by atoms with E-state index in [1.54, 1.807) is 12.1 Å². The number of hydrogen-bond acceptors (Lipinski definition) is 4. The van der Waals surface area contributed by atoms with Crippen LogP contribution in [0.3, 0.4) is 0 Å². The number of carbonyl (C=O) groups is 1. The summed E-state index contributed by atoms with van der Waals surface area (Å²) in [5, 5.41) is 2.54. The zero-order chi connectivity index (χ0) is 17.0. The molecule has 0 saturated carbocycles. The molecule has 1 amide bonds. The molecule has 2 N–H and O–H groups in total. The molecule has 0 bridgehead atoms. The van der Waals surface area contributed by atoms with Crippen LogP contribution in [0.15, 0.2) is 23.1 Å². The van der Waals surface area contributed by atoms with Gasteiger partial charge in [0.2, 0.25) is 15.9 Å². The van der Waals surface area contributed by atoms with Crippen LogP contribution in [0.2, 0.25) is 0 Å². The lowest BCUT2D eigenvalue weighted by atomic mass is 9.87. The molecule has 0 aliphatic carbocycles. The highest BCUT2D eigenvalue weighted by atomic mass is 32.2. The number of methoxy groups -OCH3 is 1. The van der Waals surface area contributed by atoms with Gasteiger partial charge in [-0.25, -0.2) is 13.1 Å². The minimum atomic E-state index is -3.71. The van der Waals surface area contributed by atoms with Gasteiger partial charge in [-0.3, -0.25) is 4.79 Å². The minimum absolute atomic E-state index is 0.102. The van der Waals surface area contributed by atoms with E-state index in [0.29, 0.717) is 5.75 Å². The molecule has 1 aromatic carbocycles. The van der Waals surface area contributed by atoms with Crippen LogP contribution in [-0.4, -0.2) is 34.5 Å². The molecule has 1 aromatic rings. The SMILES string of the molecule is COc1ccc(C(C)(C)C)cc1S(=O)(=O)NCCNC(C)=O. The van der Waals surface area contributed by atoms with Gasteiger partial charge in [0, 0.05) is 20.0 Å². The highest BCUT2D eigenvalue weighted by Crippen LogP contribution is 2.30. The summed E-state index contributed by atoms with van der Waals surface area (Å²) in [4.78, 5) is 10.9. The van der Waals surface area contributed by atoms with E-state index in [0.717, 1.165) is 5.56 Å². The predicted molar refractivity (Wildman–Crippen MR) is 85.6 cm³/mol. The molecule has 0 atom stereocenters. The molecule has 0 heterocycles. The van der Waals surface area contributed by atoms with E-state index < -0.39 is 10.0 Å². The number of benzene rings is 1. The molecule has 1 rings (SSSR count). The molecule has 0 aliphatic rings. The summed E-state index contributed by atoms with van der Waals surface area (Å²) in [5.74, 6) is 0.0894. The number of rotatable bonds is 6. The van der Waals surface area contributed by atoms with Crippen LogP contribution >= 0.6 is 0 Å². The van der Waals surface area contributed by atoms with Gasteiger partial charge in [-0.1, -0.05) is 26.8 Å². The maximum atomic E-state index is 12.4. The van der Waals surface area contributed by atoms with Crippen molar-refractivity contribution in [1.29, 1.82) is 0 Å². The quantitative estimate of drug-likeness (QED) is 0.773. The summed E-state index contributed by atoms with van der Waals surface area (Å²) in [5.41, 5.74) is 0.725. The fourth-order valence-electron chi connectivity index (χ4n) is 1.85. The Bertz CT molecular complexity index is 633. The van der Waals surface area contributed by atoms with E-state index in [9.17, 15) is 13.2 Å². The largest absolute Gasteiger partial charge is 0.495 e. The number of hydrogen-bond donors (Lipinski definition) is 2. The zero-order valence-electron chi connectivity index (χ0n) is 13.7. The average Bonchev–Trinajstić information content (AvgIpc) is 2.41. The van der Waals surface area contributed by atoms with Crippen molar-refractivity contribution in [2.45, 2.75) is 38.0 Å². The Hall–Kier alpha value is -1.60. The lowest BCUT2D eigenvalue weighted by molar-refractivity contribution is -0.118. The Morgan fingerprint density at radius 2 is 1.86 bits per heavy atom. The molecule has 7 heteroatoms. The molecule has 6 nitrogen and oxygen atoms in total. The van der Waals surface area contributed by atoms with Gasteiger partial charge in [-0.15, -0.1) is 0 Å². The average molecular weight is 328 g/mol. The second kappa shape index (κ2) is 7.11. The summed E-state index contributed by atoms with van der Waals surface area (Å²) in [6.45, 7) is 7.76. The third-order valence-corrected chi connectivity index (χ3v) is 4.59. The third kappa shape index (κ3) is 4.99. The second-order valence-corrected chi connectivity index (χ2v) is 7.73. The smallest absolute Gasteiger partial charge is 0.244 e. The van der Waals surface area contributed by atoms with E-state index in [-0.39, 0.29) is 29.3 Å². The van der Waals surface area contributed by atoms with Crippen molar-refractivity contribution in [2.75, 3.05) is 20.2 Å². The van der Waals surface area contributed by atoms with Gasteiger partial charge >= 0.3 is 0 Å². The number of ether oxygens (including phenoxy) is 1. The zero-order valence-corrected chi connectivity index (χ0v) is 14.5. The van der Waals surface area contributed by atoms with Crippen molar-refractivity contribution >= 4 is 15.9 Å². The van der Waals surface area contributed by atoms with Crippen molar-refractivity contribution in [3.8, 4) is 5.75 Å². The molecule has 124 valence electrons. The van der Waals surface area contributed by atoms with Gasteiger partial charge in [0.15, 0.2) is 0 Å². The normalized spacial score (nSPS) is 12.0. The Kier molecular flexibility index (Phi) is 5.96. The number of sulfonamides is 1. The van der Waals surface area contributed by atoms with Gasteiger partial charge in [0.25, 0.3) is 0 Å². The summed E-state index contributed by atoms with van der Waals surface area (Å²) >= 11 is 0. The standard InChI is InChI=1S/C15H24N2O4S/c1-11(18)16-8-9-17-22(19,20)14-10-12(15(2,3)4)6-7-13(14)21-5/h6-7,10,17H,8-9H2,1-5H3,(H,16,18). The van der Waals surface area contributed by atoms with Gasteiger partial charge in [-0.05, 0) is 23.1 Å². The van der Waals surface area contributed by atoms with Gasteiger partial charge in [0.05, 0.1) is 7.11 Å². The molecular formula is C15H24N2O4S.